The average molecular weight is 268 g/mol. The number of fused-ring (bicyclic) bond motifs is 1. The summed E-state index contributed by atoms with van der Waals surface area (Å²) in [6.45, 7) is 2.15. The molecule has 1 saturated carbocycles. The molecule has 3 atom stereocenters. The van der Waals surface area contributed by atoms with Gasteiger partial charge < -0.3 is 14.2 Å². The molecule has 4 nitrogen and oxygen atoms in total. The number of carbonyl (C=O) groups excluding carboxylic acids is 1. The molecule has 108 valence electrons. The zero-order valence-electron chi connectivity index (χ0n) is 12.3. The van der Waals surface area contributed by atoms with Gasteiger partial charge in [-0.2, -0.15) is 0 Å². The second-order valence-corrected chi connectivity index (χ2v) is 5.62. The van der Waals surface area contributed by atoms with E-state index in [1.807, 2.05) is 0 Å². The third-order valence-corrected chi connectivity index (χ3v) is 4.87. The van der Waals surface area contributed by atoms with Crippen molar-refractivity contribution in [1.29, 1.82) is 0 Å². The fourth-order valence-electron chi connectivity index (χ4n) is 3.82. The lowest BCUT2D eigenvalue weighted by Crippen LogP contribution is -2.53. The molecule has 0 N–H and O–H groups in total. The van der Waals surface area contributed by atoms with E-state index in [1.54, 1.807) is 14.2 Å². The molecule has 0 amide bonds. The SMILES string of the molecule is COC(=O)[C@H]1C[C@H]2C(C)=CCC[C@H]2C(OC)(OC)C1. The van der Waals surface area contributed by atoms with Gasteiger partial charge in [-0.15, -0.1) is 0 Å². The maximum atomic E-state index is 11.9. The summed E-state index contributed by atoms with van der Waals surface area (Å²) in [7, 11) is 4.79. The minimum absolute atomic E-state index is 0.146. The molecule has 1 fully saturated rings. The van der Waals surface area contributed by atoms with Crippen LogP contribution < -0.4 is 0 Å². The van der Waals surface area contributed by atoms with Crippen LogP contribution in [0.25, 0.3) is 0 Å². The van der Waals surface area contributed by atoms with Crippen molar-refractivity contribution >= 4 is 5.97 Å². The zero-order valence-corrected chi connectivity index (χ0v) is 12.3. The quantitative estimate of drug-likeness (QED) is 0.448. The summed E-state index contributed by atoms with van der Waals surface area (Å²) < 4.78 is 16.3. The van der Waals surface area contributed by atoms with Crippen LogP contribution in [-0.4, -0.2) is 33.1 Å². The predicted octanol–water partition coefficient (Wildman–Crippen LogP) is 2.53. The molecule has 0 aromatic carbocycles. The molecule has 0 saturated heterocycles. The standard InChI is InChI=1S/C15H24O4/c1-10-6-5-7-13-12(10)8-11(14(16)17-2)9-15(13,18-3)19-4/h6,11-13H,5,7-9H2,1-4H3/t11-,12-,13+/m0/s1. The second kappa shape index (κ2) is 5.63. The van der Waals surface area contributed by atoms with Crippen LogP contribution in [0.3, 0.4) is 0 Å². The highest BCUT2D eigenvalue weighted by atomic mass is 16.7. The van der Waals surface area contributed by atoms with Gasteiger partial charge in [0.25, 0.3) is 0 Å². The number of carbonyl (C=O) groups is 1. The fourth-order valence-corrected chi connectivity index (χ4v) is 3.82. The van der Waals surface area contributed by atoms with E-state index in [0.717, 1.165) is 19.3 Å². The highest BCUT2D eigenvalue weighted by Gasteiger charge is 2.52. The van der Waals surface area contributed by atoms with E-state index in [1.165, 1.54) is 12.7 Å². The summed E-state index contributed by atoms with van der Waals surface area (Å²) in [5, 5.41) is 0. The van der Waals surface area contributed by atoms with Crippen LogP contribution in [-0.2, 0) is 19.0 Å². The lowest BCUT2D eigenvalue weighted by molar-refractivity contribution is -0.273. The van der Waals surface area contributed by atoms with Gasteiger partial charge in [-0.05, 0) is 32.1 Å². The van der Waals surface area contributed by atoms with Gasteiger partial charge in [0.2, 0.25) is 0 Å². The minimum Gasteiger partial charge on any atom is -0.469 e. The molecule has 0 aliphatic heterocycles. The molecule has 2 aliphatic rings. The van der Waals surface area contributed by atoms with Crippen molar-refractivity contribution in [2.75, 3.05) is 21.3 Å². The summed E-state index contributed by atoms with van der Waals surface area (Å²) in [6.07, 6.45) is 5.81. The third kappa shape index (κ3) is 2.43. The molecule has 0 aromatic rings. The first-order valence-electron chi connectivity index (χ1n) is 6.92. The molecule has 0 bridgehead atoms. The average Bonchev–Trinajstić information content (AvgIpc) is 2.46. The van der Waals surface area contributed by atoms with Crippen LogP contribution in [0.2, 0.25) is 0 Å². The van der Waals surface area contributed by atoms with E-state index in [9.17, 15) is 4.79 Å². The van der Waals surface area contributed by atoms with E-state index < -0.39 is 5.79 Å². The molecular weight excluding hydrogens is 244 g/mol. The Hall–Kier alpha value is -0.870. The summed E-state index contributed by atoms with van der Waals surface area (Å²) in [5.41, 5.74) is 1.35. The topological polar surface area (TPSA) is 44.8 Å². The minimum atomic E-state index is -0.655. The van der Waals surface area contributed by atoms with Crippen LogP contribution in [0.5, 0.6) is 0 Å². The summed E-state index contributed by atoms with van der Waals surface area (Å²) in [5.74, 6) is -0.278. The second-order valence-electron chi connectivity index (χ2n) is 5.62. The van der Waals surface area contributed by atoms with Crippen molar-refractivity contribution in [2.24, 2.45) is 17.8 Å². The van der Waals surface area contributed by atoms with Gasteiger partial charge in [0, 0.05) is 26.6 Å². The first-order valence-corrected chi connectivity index (χ1v) is 6.92. The molecule has 2 rings (SSSR count). The maximum Gasteiger partial charge on any atom is 0.308 e. The molecule has 0 heterocycles. The maximum absolute atomic E-state index is 11.9. The summed E-state index contributed by atoms with van der Waals surface area (Å²) in [6, 6.07) is 0. The normalized spacial score (nSPS) is 33.3. The van der Waals surface area contributed by atoms with Gasteiger partial charge in [-0.25, -0.2) is 0 Å². The number of ether oxygens (including phenoxy) is 3. The van der Waals surface area contributed by atoms with E-state index >= 15 is 0 Å². The molecule has 0 spiro atoms. The number of hydrogen-bond donors (Lipinski definition) is 0. The van der Waals surface area contributed by atoms with Crippen molar-refractivity contribution in [3.8, 4) is 0 Å². The van der Waals surface area contributed by atoms with Crippen LogP contribution >= 0.6 is 0 Å². The van der Waals surface area contributed by atoms with Gasteiger partial charge in [-0.3, -0.25) is 4.79 Å². The van der Waals surface area contributed by atoms with E-state index in [-0.39, 0.29) is 11.9 Å². The molecule has 0 aromatic heterocycles. The summed E-state index contributed by atoms with van der Waals surface area (Å²) in [4.78, 5) is 11.9. The van der Waals surface area contributed by atoms with Gasteiger partial charge in [0.15, 0.2) is 5.79 Å². The van der Waals surface area contributed by atoms with Crippen molar-refractivity contribution in [1.82, 2.24) is 0 Å². The smallest absolute Gasteiger partial charge is 0.308 e. The molecule has 0 unspecified atom stereocenters. The highest BCUT2D eigenvalue weighted by Crippen LogP contribution is 2.50. The molecule has 0 radical (unpaired) electrons. The van der Waals surface area contributed by atoms with Crippen molar-refractivity contribution in [2.45, 2.75) is 38.4 Å². The lowest BCUT2D eigenvalue weighted by atomic mass is 9.64. The molecule has 19 heavy (non-hydrogen) atoms. The Balaban J connectivity index is 2.32. The van der Waals surface area contributed by atoms with Gasteiger partial charge >= 0.3 is 5.97 Å². The summed E-state index contributed by atoms with van der Waals surface area (Å²) >= 11 is 0. The Bertz CT molecular complexity index is 370. The van der Waals surface area contributed by atoms with E-state index in [0.29, 0.717) is 18.3 Å². The van der Waals surface area contributed by atoms with Crippen LogP contribution in [0.4, 0.5) is 0 Å². The fraction of sp³-hybridized carbons (Fsp3) is 0.800. The first-order chi connectivity index (χ1) is 9.07. The van der Waals surface area contributed by atoms with Crippen molar-refractivity contribution in [3.63, 3.8) is 0 Å². The molecule has 4 heteroatoms. The van der Waals surface area contributed by atoms with Crippen molar-refractivity contribution in [3.05, 3.63) is 11.6 Å². The number of rotatable bonds is 3. The molecule has 2 aliphatic carbocycles. The van der Waals surface area contributed by atoms with Gasteiger partial charge in [0.05, 0.1) is 13.0 Å². The number of allylic oxidation sites excluding steroid dienone is 2. The zero-order chi connectivity index (χ0) is 14.0. The van der Waals surface area contributed by atoms with E-state index in [2.05, 4.69) is 13.0 Å². The first kappa shape index (κ1) is 14.5. The van der Waals surface area contributed by atoms with Gasteiger partial charge in [0.1, 0.15) is 0 Å². The Morgan fingerprint density at radius 1 is 1.32 bits per heavy atom. The van der Waals surface area contributed by atoms with Crippen LogP contribution in [0.1, 0.15) is 32.6 Å². The van der Waals surface area contributed by atoms with Crippen LogP contribution in [0.15, 0.2) is 11.6 Å². The van der Waals surface area contributed by atoms with Gasteiger partial charge in [-0.1, -0.05) is 11.6 Å². The lowest BCUT2D eigenvalue weighted by Gasteiger charge is -2.50. The third-order valence-electron chi connectivity index (χ3n) is 4.87. The monoisotopic (exact) mass is 268 g/mol. The Morgan fingerprint density at radius 3 is 2.58 bits per heavy atom. The Kier molecular flexibility index (Phi) is 4.31. The highest BCUT2D eigenvalue weighted by molar-refractivity contribution is 5.72. The Labute approximate surface area is 115 Å². The number of hydrogen-bond acceptors (Lipinski definition) is 4. The largest absolute Gasteiger partial charge is 0.469 e. The predicted molar refractivity (Wildman–Crippen MR) is 71.5 cm³/mol. The van der Waals surface area contributed by atoms with Crippen molar-refractivity contribution < 1.29 is 19.0 Å². The van der Waals surface area contributed by atoms with E-state index in [4.69, 9.17) is 14.2 Å². The van der Waals surface area contributed by atoms with Crippen LogP contribution in [0, 0.1) is 17.8 Å². The number of methoxy groups -OCH3 is 3. The molecular formula is C15H24O4. The number of esters is 1. The Morgan fingerprint density at radius 2 is 2.00 bits per heavy atom.